The Morgan fingerprint density at radius 3 is 3.06 bits per heavy atom. The fourth-order valence-corrected chi connectivity index (χ4v) is 2.33. The van der Waals surface area contributed by atoms with Crippen LogP contribution in [-0.2, 0) is 4.74 Å². The minimum Gasteiger partial charge on any atom is -0.379 e. The zero-order valence-corrected chi connectivity index (χ0v) is 10.8. The van der Waals surface area contributed by atoms with E-state index in [2.05, 4.69) is 16.8 Å². The predicted octanol–water partition coefficient (Wildman–Crippen LogP) is 1.04. The number of carbonyl (C=O) groups excluding carboxylic acids is 1. The Kier molecular flexibility index (Phi) is 3.81. The molecule has 0 spiro atoms. The Balaban J connectivity index is 2.16. The number of hydrogen-bond donors (Lipinski definition) is 1. The molecule has 18 heavy (non-hydrogen) atoms. The highest BCUT2D eigenvalue weighted by atomic mass is 16.5. The molecule has 2 N–H and O–H groups in total. The summed E-state index contributed by atoms with van der Waals surface area (Å²) in [5, 5.41) is 0. The third kappa shape index (κ3) is 2.61. The first kappa shape index (κ1) is 12.8. The van der Waals surface area contributed by atoms with Crippen molar-refractivity contribution in [3.8, 4) is 0 Å². The fraction of sp³-hybridized carbons (Fsp3) is 0.538. The lowest BCUT2D eigenvalue weighted by atomic mass is 9.95. The molecule has 0 aromatic carbocycles. The molecule has 2 heterocycles. The summed E-state index contributed by atoms with van der Waals surface area (Å²) in [6.07, 6.45) is 2.92. The summed E-state index contributed by atoms with van der Waals surface area (Å²) in [6.45, 7) is 4.00. The third-order valence-corrected chi connectivity index (χ3v) is 3.55. The number of ether oxygens (including phenoxy) is 1. The normalized spacial score (nSPS) is 24.0. The number of primary amides is 1. The number of methoxy groups -OCH3 is 1. The standard InChI is InChI=1S/C13H19N3O2/c1-9-4-6-16(8-12(9)18-2)10-3-5-15-11(7-10)13(14)17/h3,5,7,9,12H,4,6,8H2,1-2H3,(H2,14,17). The molecule has 0 radical (unpaired) electrons. The van der Waals surface area contributed by atoms with Gasteiger partial charge in [-0.2, -0.15) is 0 Å². The van der Waals surface area contributed by atoms with E-state index in [-0.39, 0.29) is 6.10 Å². The van der Waals surface area contributed by atoms with E-state index >= 15 is 0 Å². The monoisotopic (exact) mass is 249 g/mol. The van der Waals surface area contributed by atoms with E-state index in [9.17, 15) is 4.79 Å². The van der Waals surface area contributed by atoms with Crippen LogP contribution in [0.4, 0.5) is 5.69 Å². The molecule has 0 aliphatic carbocycles. The molecule has 1 aliphatic heterocycles. The minimum atomic E-state index is -0.495. The molecule has 0 bridgehead atoms. The van der Waals surface area contributed by atoms with Gasteiger partial charge in [0, 0.05) is 32.1 Å². The number of pyridine rings is 1. The van der Waals surface area contributed by atoms with Gasteiger partial charge in [-0.3, -0.25) is 9.78 Å². The smallest absolute Gasteiger partial charge is 0.267 e. The van der Waals surface area contributed by atoms with Crippen molar-refractivity contribution in [3.63, 3.8) is 0 Å². The van der Waals surface area contributed by atoms with Crippen molar-refractivity contribution in [2.45, 2.75) is 19.4 Å². The van der Waals surface area contributed by atoms with Crippen LogP contribution in [0.5, 0.6) is 0 Å². The van der Waals surface area contributed by atoms with Crippen molar-refractivity contribution < 1.29 is 9.53 Å². The maximum atomic E-state index is 11.1. The van der Waals surface area contributed by atoms with Crippen LogP contribution in [0.1, 0.15) is 23.8 Å². The summed E-state index contributed by atoms with van der Waals surface area (Å²) in [7, 11) is 1.74. The van der Waals surface area contributed by atoms with Gasteiger partial charge in [-0.15, -0.1) is 0 Å². The average Bonchev–Trinajstić information content (AvgIpc) is 2.39. The third-order valence-electron chi connectivity index (χ3n) is 3.55. The summed E-state index contributed by atoms with van der Waals surface area (Å²) in [6, 6.07) is 3.64. The Bertz CT molecular complexity index is 436. The molecule has 5 heteroatoms. The molecular weight excluding hydrogens is 230 g/mol. The lowest BCUT2D eigenvalue weighted by Crippen LogP contribution is -2.44. The van der Waals surface area contributed by atoms with Crippen molar-refractivity contribution in [3.05, 3.63) is 24.0 Å². The second-order valence-electron chi connectivity index (χ2n) is 4.75. The van der Waals surface area contributed by atoms with Crippen LogP contribution >= 0.6 is 0 Å². The highest BCUT2D eigenvalue weighted by Crippen LogP contribution is 2.24. The van der Waals surface area contributed by atoms with Crippen LogP contribution in [0.2, 0.25) is 0 Å². The molecule has 1 aromatic heterocycles. The molecule has 1 fully saturated rings. The summed E-state index contributed by atoms with van der Waals surface area (Å²) < 4.78 is 5.48. The molecule has 2 rings (SSSR count). The number of nitrogens with zero attached hydrogens (tertiary/aromatic N) is 2. The van der Waals surface area contributed by atoms with Crippen molar-refractivity contribution in [1.82, 2.24) is 4.98 Å². The molecule has 5 nitrogen and oxygen atoms in total. The number of aromatic nitrogens is 1. The number of rotatable bonds is 3. The Morgan fingerprint density at radius 1 is 1.61 bits per heavy atom. The first-order valence-electron chi connectivity index (χ1n) is 6.15. The van der Waals surface area contributed by atoms with E-state index in [0.717, 1.165) is 25.2 Å². The number of anilines is 1. The van der Waals surface area contributed by atoms with Crippen LogP contribution in [-0.4, -0.2) is 37.2 Å². The summed E-state index contributed by atoms with van der Waals surface area (Å²) >= 11 is 0. The topological polar surface area (TPSA) is 68.4 Å². The van der Waals surface area contributed by atoms with Crippen LogP contribution in [0.3, 0.4) is 0 Å². The van der Waals surface area contributed by atoms with E-state index in [4.69, 9.17) is 10.5 Å². The molecule has 2 atom stereocenters. The number of nitrogens with two attached hydrogens (primary N) is 1. The predicted molar refractivity (Wildman–Crippen MR) is 69.5 cm³/mol. The van der Waals surface area contributed by atoms with Gasteiger partial charge in [0.05, 0.1) is 6.10 Å². The van der Waals surface area contributed by atoms with Gasteiger partial charge in [-0.1, -0.05) is 6.92 Å². The lowest BCUT2D eigenvalue weighted by Gasteiger charge is -2.37. The van der Waals surface area contributed by atoms with Crippen LogP contribution in [0.15, 0.2) is 18.3 Å². The number of piperidine rings is 1. The van der Waals surface area contributed by atoms with Gasteiger partial charge in [0.1, 0.15) is 5.69 Å². The Labute approximate surface area is 107 Å². The van der Waals surface area contributed by atoms with E-state index in [0.29, 0.717) is 11.6 Å². The first-order valence-corrected chi connectivity index (χ1v) is 6.15. The molecule has 0 saturated carbocycles. The fourth-order valence-electron chi connectivity index (χ4n) is 2.33. The quantitative estimate of drug-likeness (QED) is 0.869. The summed E-state index contributed by atoms with van der Waals surface area (Å²) in [5.41, 5.74) is 6.53. The van der Waals surface area contributed by atoms with Crippen molar-refractivity contribution in [1.29, 1.82) is 0 Å². The van der Waals surface area contributed by atoms with E-state index in [1.165, 1.54) is 0 Å². The van der Waals surface area contributed by atoms with Gasteiger partial charge in [-0.05, 0) is 24.5 Å². The number of amides is 1. The number of carbonyl (C=O) groups is 1. The summed E-state index contributed by atoms with van der Waals surface area (Å²) in [5.74, 6) is 0.0641. The highest BCUT2D eigenvalue weighted by Gasteiger charge is 2.26. The molecule has 1 aromatic rings. The molecule has 98 valence electrons. The molecular formula is C13H19N3O2. The maximum absolute atomic E-state index is 11.1. The second-order valence-corrected chi connectivity index (χ2v) is 4.75. The zero-order valence-electron chi connectivity index (χ0n) is 10.8. The average molecular weight is 249 g/mol. The minimum absolute atomic E-state index is 0.226. The maximum Gasteiger partial charge on any atom is 0.267 e. The highest BCUT2D eigenvalue weighted by molar-refractivity contribution is 5.91. The van der Waals surface area contributed by atoms with Gasteiger partial charge >= 0.3 is 0 Å². The lowest BCUT2D eigenvalue weighted by molar-refractivity contribution is 0.0498. The number of hydrogen-bond acceptors (Lipinski definition) is 4. The SMILES string of the molecule is COC1CN(c2ccnc(C(N)=O)c2)CCC1C. The van der Waals surface area contributed by atoms with Crippen molar-refractivity contribution in [2.75, 3.05) is 25.1 Å². The van der Waals surface area contributed by atoms with Crippen molar-refractivity contribution in [2.24, 2.45) is 11.7 Å². The van der Waals surface area contributed by atoms with E-state index in [1.54, 1.807) is 19.4 Å². The van der Waals surface area contributed by atoms with Crippen LogP contribution < -0.4 is 10.6 Å². The van der Waals surface area contributed by atoms with Crippen LogP contribution in [0.25, 0.3) is 0 Å². The van der Waals surface area contributed by atoms with E-state index in [1.807, 2.05) is 6.07 Å². The molecule has 1 aliphatic rings. The second kappa shape index (κ2) is 5.35. The Hall–Kier alpha value is -1.62. The largest absolute Gasteiger partial charge is 0.379 e. The van der Waals surface area contributed by atoms with Gasteiger partial charge in [0.25, 0.3) is 5.91 Å². The van der Waals surface area contributed by atoms with Gasteiger partial charge < -0.3 is 15.4 Å². The molecule has 2 unspecified atom stereocenters. The summed E-state index contributed by atoms with van der Waals surface area (Å²) in [4.78, 5) is 17.3. The molecule has 1 amide bonds. The van der Waals surface area contributed by atoms with Crippen molar-refractivity contribution >= 4 is 11.6 Å². The molecule has 1 saturated heterocycles. The van der Waals surface area contributed by atoms with Crippen LogP contribution in [0, 0.1) is 5.92 Å². The van der Waals surface area contributed by atoms with Gasteiger partial charge in [-0.25, -0.2) is 0 Å². The Morgan fingerprint density at radius 2 is 2.39 bits per heavy atom. The first-order chi connectivity index (χ1) is 8.61. The zero-order chi connectivity index (χ0) is 13.1. The van der Waals surface area contributed by atoms with E-state index < -0.39 is 5.91 Å². The van der Waals surface area contributed by atoms with Gasteiger partial charge in [0.15, 0.2) is 0 Å². The van der Waals surface area contributed by atoms with Gasteiger partial charge in [0.2, 0.25) is 0 Å².